The van der Waals surface area contributed by atoms with E-state index in [0.717, 1.165) is 29.4 Å². The molecule has 0 aliphatic carbocycles. The Bertz CT molecular complexity index is 387. The summed E-state index contributed by atoms with van der Waals surface area (Å²) in [5, 5.41) is 0.770. The van der Waals surface area contributed by atoms with Crippen LogP contribution in [0.1, 0.15) is 18.4 Å². The highest BCUT2D eigenvalue weighted by molar-refractivity contribution is 6.31. The van der Waals surface area contributed by atoms with Gasteiger partial charge in [-0.15, -0.1) is 12.4 Å². The van der Waals surface area contributed by atoms with Crippen molar-refractivity contribution < 1.29 is 4.74 Å². The summed E-state index contributed by atoms with van der Waals surface area (Å²) in [5.41, 5.74) is 6.85. The Labute approximate surface area is 120 Å². The van der Waals surface area contributed by atoms with Crippen molar-refractivity contribution in [2.24, 2.45) is 5.73 Å². The molecule has 1 aliphatic heterocycles. The molecule has 18 heavy (non-hydrogen) atoms. The molecule has 102 valence electrons. The number of methoxy groups -OCH3 is 1. The predicted octanol–water partition coefficient (Wildman–Crippen LogP) is 2.69. The molecule has 0 amide bonds. The van der Waals surface area contributed by atoms with Crippen LogP contribution in [0.4, 0.5) is 0 Å². The normalized spacial score (nSPS) is 19.6. The van der Waals surface area contributed by atoms with E-state index < -0.39 is 0 Å². The molecular weight excluding hydrogens is 271 g/mol. The predicted molar refractivity (Wildman–Crippen MR) is 77.7 cm³/mol. The minimum Gasteiger partial charge on any atom is -0.496 e. The Morgan fingerprint density at radius 1 is 1.50 bits per heavy atom. The van der Waals surface area contributed by atoms with Gasteiger partial charge in [-0.2, -0.15) is 0 Å². The highest BCUT2D eigenvalue weighted by atomic mass is 35.5. The SMILES string of the molecule is COc1cccc(Cl)c1CN1CCCC1CN.Cl. The van der Waals surface area contributed by atoms with E-state index in [0.29, 0.717) is 12.6 Å². The molecule has 1 saturated heterocycles. The Kier molecular flexibility index (Phi) is 6.22. The van der Waals surface area contributed by atoms with Crippen LogP contribution < -0.4 is 10.5 Å². The van der Waals surface area contributed by atoms with Crippen LogP contribution in [-0.2, 0) is 6.54 Å². The maximum Gasteiger partial charge on any atom is 0.124 e. The van der Waals surface area contributed by atoms with Gasteiger partial charge < -0.3 is 10.5 Å². The molecule has 0 bridgehead atoms. The summed E-state index contributed by atoms with van der Waals surface area (Å²) < 4.78 is 5.36. The molecule has 2 N–H and O–H groups in total. The summed E-state index contributed by atoms with van der Waals surface area (Å²) in [4.78, 5) is 2.39. The fourth-order valence-electron chi connectivity index (χ4n) is 2.46. The molecule has 3 nitrogen and oxygen atoms in total. The third-order valence-electron chi connectivity index (χ3n) is 3.43. The first-order valence-corrected chi connectivity index (χ1v) is 6.39. The van der Waals surface area contributed by atoms with Crippen LogP contribution in [0.2, 0.25) is 5.02 Å². The number of ether oxygens (including phenoxy) is 1. The lowest BCUT2D eigenvalue weighted by molar-refractivity contribution is 0.246. The van der Waals surface area contributed by atoms with Gasteiger partial charge in [0.2, 0.25) is 0 Å². The lowest BCUT2D eigenvalue weighted by atomic mass is 10.1. The number of rotatable bonds is 4. The minimum atomic E-state index is 0. The van der Waals surface area contributed by atoms with Crippen LogP contribution in [0.15, 0.2) is 18.2 Å². The second-order valence-electron chi connectivity index (χ2n) is 4.42. The average Bonchev–Trinajstić information content (AvgIpc) is 2.79. The van der Waals surface area contributed by atoms with Crippen molar-refractivity contribution in [3.63, 3.8) is 0 Å². The summed E-state index contributed by atoms with van der Waals surface area (Å²) in [6.45, 7) is 2.63. The van der Waals surface area contributed by atoms with E-state index >= 15 is 0 Å². The van der Waals surface area contributed by atoms with E-state index in [1.54, 1.807) is 7.11 Å². The molecule has 1 aliphatic rings. The van der Waals surface area contributed by atoms with Gasteiger partial charge in [0.15, 0.2) is 0 Å². The van der Waals surface area contributed by atoms with Crippen LogP contribution >= 0.6 is 24.0 Å². The van der Waals surface area contributed by atoms with Gasteiger partial charge in [-0.3, -0.25) is 4.90 Å². The molecule has 0 saturated carbocycles. The fourth-order valence-corrected chi connectivity index (χ4v) is 2.68. The molecule has 1 heterocycles. The summed E-state index contributed by atoms with van der Waals surface area (Å²) in [6.07, 6.45) is 2.40. The molecule has 2 rings (SSSR count). The van der Waals surface area contributed by atoms with Gasteiger partial charge in [-0.1, -0.05) is 17.7 Å². The van der Waals surface area contributed by atoms with Crippen molar-refractivity contribution in [1.29, 1.82) is 0 Å². The van der Waals surface area contributed by atoms with E-state index in [1.165, 1.54) is 12.8 Å². The smallest absolute Gasteiger partial charge is 0.124 e. The Hall–Kier alpha value is -0.480. The average molecular weight is 291 g/mol. The van der Waals surface area contributed by atoms with Crippen LogP contribution in [0, 0.1) is 0 Å². The first kappa shape index (κ1) is 15.6. The maximum atomic E-state index is 6.24. The molecule has 1 aromatic carbocycles. The first-order valence-electron chi connectivity index (χ1n) is 6.01. The van der Waals surface area contributed by atoms with Crippen molar-refractivity contribution in [2.75, 3.05) is 20.2 Å². The summed E-state index contributed by atoms with van der Waals surface area (Å²) in [7, 11) is 1.68. The lowest BCUT2D eigenvalue weighted by Gasteiger charge is -2.24. The lowest BCUT2D eigenvalue weighted by Crippen LogP contribution is -2.35. The maximum absolute atomic E-state index is 6.24. The van der Waals surface area contributed by atoms with E-state index in [-0.39, 0.29) is 12.4 Å². The molecule has 1 aromatic rings. The number of hydrogen-bond donors (Lipinski definition) is 1. The molecule has 1 atom stereocenters. The number of halogens is 2. The second-order valence-corrected chi connectivity index (χ2v) is 4.83. The molecule has 1 unspecified atom stereocenters. The molecule has 0 aromatic heterocycles. The minimum absolute atomic E-state index is 0. The van der Waals surface area contributed by atoms with E-state index in [2.05, 4.69) is 4.90 Å². The Balaban J connectivity index is 0.00000162. The highest BCUT2D eigenvalue weighted by Gasteiger charge is 2.24. The van der Waals surface area contributed by atoms with E-state index in [4.69, 9.17) is 22.1 Å². The molecular formula is C13H20Cl2N2O. The summed E-state index contributed by atoms with van der Waals surface area (Å²) in [6, 6.07) is 6.26. The van der Waals surface area contributed by atoms with Gasteiger partial charge in [-0.25, -0.2) is 0 Å². The third-order valence-corrected chi connectivity index (χ3v) is 3.78. The first-order chi connectivity index (χ1) is 8.26. The van der Waals surface area contributed by atoms with Crippen LogP contribution in [0.5, 0.6) is 5.75 Å². The standard InChI is InChI=1S/C13H19ClN2O.ClH/c1-17-13-6-2-5-12(14)11(13)9-16-7-3-4-10(16)8-15;/h2,5-6,10H,3-4,7-9,15H2,1H3;1H. The number of nitrogens with two attached hydrogens (primary N) is 1. The highest BCUT2D eigenvalue weighted by Crippen LogP contribution is 2.30. The van der Waals surface area contributed by atoms with Crippen molar-refractivity contribution in [3.8, 4) is 5.75 Å². The second kappa shape index (κ2) is 7.19. The quantitative estimate of drug-likeness (QED) is 0.927. The molecule has 1 fully saturated rings. The topological polar surface area (TPSA) is 38.5 Å². The van der Waals surface area contributed by atoms with Crippen LogP contribution in [0.25, 0.3) is 0 Å². The van der Waals surface area contributed by atoms with Crippen molar-refractivity contribution in [1.82, 2.24) is 4.90 Å². The van der Waals surface area contributed by atoms with Crippen LogP contribution in [0.3, 0.4) is 0 Å². The van der Waals surface area contributed by atoms with Gasteiger partial charge in [0, 0.05) is 29.7 Å². The third kappa shape index (κ3) is 3.29. The largest absolute Gasteiger partial charge is 0.496 e. The Morgan fingerprint density at radius 3 is 2.94 bits per heavy atom. The Morgan fingerprint density at radius 2 is 2.28 bits per heavy atom. The number of likely N-dealkylation sites (tertiary alicyclic amines) is 1. The van der Waals surface area contributed by atoms with E-state index in [1.807, 2.05) is 18.2 Å². The van der Waals surface area contributed by atoms with Gasteiger partial charge >= 0.3 is 0 Å². The zero-order valence-corrected chi connectivity index (χ0v) is 12.1. The van der Waals surface area contributed by atoms with E-state index in [9.17, 15) is 0 Å². The van der Waals surface area contributed by atoms with Crippen molar-refractivity contribution in [3.05, 3.63) is 28.8 Å². The zero-order valence-electron chi connectivity index (χ0n) is 10.6. The van der Waals surface area contributed by atoms with Gasteiger partial charge in [0.05, 0.1) is 7.11 Å². The number of hydrogen-bond acceptors (Lipinski definition) is 3. The van der Waals surface area contributed by atoms with Crippen molar-refractivity contribution in [2.45, 2.75) is 25.4 Å². The van der Waals surface area contributed by atoms with Crippen molar-refractivity contribution >= 4 is 24.0 Å². The summed E-state index contributed by atoms with van der Waals surface area (Å²) in [5.74, 6) is 0.861. The zero-order chi connectivity index (χ0) is 12.3. The monoisotopic (exact) mass is 290 g/mol. The summed E-state index contributed by atoms with van der Waals surface area (Å²) >= 11 is 6.24. The van der Waals surface area contributed by atoms with Gasteiger partial charge in [0.25, 0.3) is 0 Å². The van der Waals surface area contributed by atoms with Crippen LogP contribution in [-0.4, -0.2) is 31.1 Å². The fraction of sp³-hybridized carbons (Fsp3) is 0.538. The van der Waals surface area contributed by atoms with Gasteiger partial charge in [0.1, 0.15) is 5.75 Å². The van der Waals surface area contributed by atoms with Gasteiger partial charge in [-0.05, 0) is 31.5 Å². The molecule has 0 spiro atoms. The number of nitrogens with zero attached hydrogens (tertiary/aromatic N) is 1. The number of benzene rings is 1. The molecule has 5 heteroatoms. The molecule has 0 radical (unpaired) electrons.